The maximum absolute atomic E-state index is 12.9. The first-order valence-electron chi connectivity index (χ1n) is 11.9. The summed E-state index contributed by atoms with van der Waals surface area (Å²) in [5.74, 6) is -0.723. The van der Waals surface area contributed by atoms with Crippen LogP contribution in [0.25, 0.3) is 10.4 Å². The molecule has 2 aromatic heterocycles. The van der Waals surface area contributed by atoms with Crippen molar-refractivity contribution in [3.63, 3.8) is 0 Å². The number of hydrogen-bond acceptors (Lipinski definition) is 7. The second-order valence-electron chi connectivity index (χ2n) is 9.13. The van der Waals surface area contributed by atoms with Gasteiger partial charge in [0.2, 0.25) is 0 Å². The zero-order valence-electron chi connectivity index (χ0n) is 21.0. The first-order valence-corrected chi connectivity index (χ1v) is 13.6. The number of hydrogen-bond donors (Lipinski definition) is 2. The van der Waals surface area contributed by atoms with Gasteiger partial charge >= 0.3 is 57.6 Å². The van der Waals surface area contributed by atoms with E-state index in [0.29, 0.717) is 50.6 Å². The predicted octanol–water partition coefficient (Wildman–Crippen LogP) is 4.87. The standard InChI is InChI=1S/C26H27F3N4O3S2.K.H/c1-15(2)32-10-12-33(13-11-32)25(36)21-9-8-20(38-21)24(35)31-30-16(3)19-14-37-23(22(19)34)17-4-6-18(7-5-17)26(27,28)29;;/h4-9,14-15,34H,10-13H2,1-3H3,(H,31,35);;. The molecule has 0 atom stereocenters. The van der Waals surface area contributed by atoms with E-state index >= 15 is 0 Å². The number of nitrogens with zero attached hydrogens (tertiary/aromatic N) is 3. The number of piperazine rings is 1. The molecule has 39 heavy (non-hydrogen) atoms. The summed E-state index contributed by atoms with van der Waals surface area (Å²) in [6.45, 7) is 8.75. The van der Waals surface area contributed by atoms with E-state index in [1.54, 1.807) is 29.3 Å². The molecule has 0 aliphatic carbocycles. The number of amides is 2. The zero-order chi connectivity index (χ0) is 27.6. The van der Waals surface area contributed by atoms with Crippen molar-refractivity contribution in [2.45, 2.75) is 33.0 Å². The van der Waals surface area contributed by atoms with Crippen LogP contribution in [-0.2, 0) is 6.18 Å². The molecule has 1 aromatic carbocycles. The molecule has 0 unspecified atom stereocenters. The normalized spacial score (nSPS) is 14.8. The van der Waals surface area contributed by atoms with Gasteiger partial charge in [-0.05, 0) is 50.6 Å². The molecular weight excluding hydrogens is 577 g/mol. The summed E-state index contributed by atoms with van der Waals surface area (Å²) in [6, 6.07) is 8.16. The molecule has 13 heteroatoms. The van der Waals surface area contributed by atoms with Crippen molar-refractivity contribution in [2.24, 2.45) is 5.10 Å². The molecule has 0 saturated carbocycles. The van der Waals surface area contributed by atoms with Gasteiger partial charge in [0.15, 0.2) is 0 Å². The monoisotopic (exact) mass is 604 g/mol. The van der Waals surface area contributed by atoms with Crippen LogP contribution in [0.1, 0.15) is 51.2 Å². The van der Waals surface area contributed by atoms with Crippen LogP contribution in [0.5, 0.6) is 5.75 Å². The number of alkyl halides is 3. The van der Waals surface area contributed by atoms with Gasteiger partial charge in [-0.3, -0.25) is 14.5 Å². The fourth-order valence-corrected chi connectivity index (χ4v) is 5.92. The van der Waals surface area contributed by atoms with Crippen molar-refractivity contribution in [2.75, 3.05) is 26.2 Å². The van der Waals surface area contributed by atoms with Crippen LogP contribution in [-0.4, -0.2) is 116 Å². The Morgan fingerprint density at radius 3 is 2.23 bits per heavy atom. The summed E-state index contributed by atoms with van der Waals surface area (Å²) in [5.41, 5.74) is 2.78. The summed E-state index contributed by atoms with van der Waals surface area (Å²) in [4.78, 5) is 30.8. The van der Waals surface area contributed by atoms with Gasteiger partial charge in [-0.1, -0.05) is 12.1 Å². The fraction of sp³-hybridized carbons (Fsp3) is 0.346. The minimum atomic E-state index is -4.44. The van der Waals surface area contributed by atoms with Crippen molar-refractivity contribution < 1.29 is 27.9 Å². The summed E-state index contributed by atoms with van der Waals surface area (Å²) in [5, 5.41) is 16.3. The molecule has 7 nitrogen and oxygen atoms in total. The Balaban J connectivity index is 0.00000420. The number of thiophene rings is 2. The predicted molar refractivity (Wildman–Crippen MR) is 150 cm³/mol. The van der Waals surface area contributed by atoms with Gasteiger partial charge < -0.3 is 10.0 Å². The van der Waals surface area contributed by atoms with Gasteiger partial charge in [-0.2, -0.15) is 18.3 Å². The Hall–Kier alpha value is -1.58. The second kappa shape index (κ2) is 13.4. The summed E-state index contributed by atoms with van der Waals surface area (Å²) < 4.78 is 38.5. The summed E-state index contributed by atoms with van der Waals surface area (Å²) >= 11 is 2.25. The first-order chi connectivity index (χ1) is 18.0. The molecule has 1 fully saturated rings. The Labute approximate surface area is 275 Å². The number of hydrazone groups is 1. The number of aromatic hydroxyl groups is 1. The topological polar surface area (TPSA) is 85.2 Å². The van der Waals surface area contributed by atoms with Crippen molar-refractivity contribution in [3.05, 3.63) is 62.7 Å². The van der Waals surface area contributed by atoms with Crippen LogP contribution in [0.15, 0.2) is 46.9 Å². The average molecular weight is 605 g/mol. The third-order valence-corrected chi connectivity index (χ3v) is 8.42. The molecular formula is C26H28F3KN4O3S2. The van der Waals surface area contributed by atoms with E-state index in [2.05, 4.69) is 29.3 Å². The van der Waals surface area contributed by atoms with Crippen molar-refractivity contribution in [3.8, 4) is 16.2 Å². The molecule has 204 valence electrons. The third kappa shape index (κ3) is 7.58. The van der Waals surface area contributed by atoms with Gasteiger partial charge in [0, 0.05) is 37.6 Å². The molecule has 3 aromatic rings. The summed E-state index contributed by atoms with van der Waals surface area (Å²) in [7, 11) is 0. The Morgan fingerprint density at radius 1 is 1.03 bits per heavy atom. The SMILES string of the molecule is CC(=NNC(=O)c1ccc(C(=O)N2CCN(C(C)C)CC2)s1)c1csc(-c2ccc(C(F)(F)F)cc2)c1O.[KH]. The molecule has 2 N–H and O–H groups in total. The number of carbonyl (C=O) groups excluding carboxylic acids is 2. The summed E-state index contributed by atoms with van der Waals surface area (Å²) in [6.07, 6.45) is -4.44. The van der Waals surface area contributed by atoms with Crippen molar-refractivity contribution in [1.82, 2.24) is 15.2 Å². The van der Waals surface area contributed by atoms with Gasteiger partial charge in [-0.25, -0.2) is 5.43 Å². The second-order valence-corrected chi connectivity index (χ2v) is 11.1. The molecule has 0 bridgehead atoms. The van der Waals surface area contributed by atoms with E-state index in [0.717, 1.165) is 47.9 Å². The number of halogens is 3. The molecule has 1 saturated heterocycles. The minimum absolute atomic E-state index is 0. The van der Waals surface area contributed by atoms with Crippen LogP contribution < -0.4 is 5.43 Å². The van der Waals surface area contributed by atoms with E-state index in [-0.39, 0.29) is 63.0 Å². The molecule has 0 spiro atoms. The Bertz CT molecular complexity index is 1350. The van der Waals surface area contributed by atoms with Crippen LogP contribution >= 0.6 is 22.7 Å². The van der Waals surface area contributed by atoms with E-state index in [1.165, 1.54) is 12.1 Å². The quantitative estimate of drug-likeness (QED) is 0.239. The molecule has 4 rings (SSSR count). The molecule has 0 radical (unpaired) electrons. The van der Waals surface area contributed by atoms with E-state index in [1.807, 2.05) is 0 Å². The van der Waals surface area contributed by atoms with Crippen molar-refractivity contribution >= 4 is 91.6 Å². The number of rotatable bonds is 6. The molecule has 2 amide bonds. The van der Waals surface area contributed by atoms with Crippen LogP contribution in [0.3, 0.4) is 0 Å². The Morgan fingerprint density at radius 2 is 1.64 bits per heavy atom. The number of carbonyl (C=O) groups is 2. The van der Waals surface area contributed by atoms with Gasteiger partial charge in [-0.15, -0.1) is 22.7 Å². The number of benzene rings is 1. The van der Waals surface area contributed by atoms with E-state index in [9.17, 15) is 27.9 Å². The zero-order valence-corrected chi connectivity index (χ0v) is 22.6. The maximum atomic E-state index is 12.9. The number of nitrogens with one attached hydrogen (secondary N) is 1. The Kier molecular flexibility index (Phi) is 11.0. The van der Waals surface area contributed by atoms with Crippen LogP contribution in [0.4, 0.5) is 13.2 Å². The van der Waals surface area contributed by atoms with Crippen LogP contribution in [0.2, 0.25) is 0 Å². The third-order valence-electron chi connectivity index (χ3n) is 6.33. The first kappa shape index (κ1) is 31.9. The molecule has 1 aliphatic rings. The van der Waals surface area contributed by atoms with Crippen molar-refractivity contribution in [1.29, 1.82) is 0 Å². The van der Waals surface area contributed by atoms with Gasteiger partial charge in [0.05, 0.1) is 31.5 Å². The van der Waals surface area contributed by atoms with E-state index in [4.69, 9.17) is 0 Å². The molecule has 3 heterocycles. The van der Waals surface area contributed by atoms with E-state index < -0.39 is 17.6 Å². The average Bonchev–Trinajstić information content (AvgIpc) is 3.53. The van der Waals surface area contributed by atoms with Gasteiger partial charge in [0.1, 0.15) is 5.75 Å². The van der Waals surface area contributed by atoms with Crippen LogP contribution in [0, 0.1) is 0 Å². The fourth-order valence-electron chi connectivity index (χ4n) is 4.05. The van der Waals surface area contributed by atoms with Gasteiger partial charge in [0.25, 0.3) is 11.8 Å². The molecule has 1 aliphatic heterocycles.